The Morgan fingerprint density at radius 3 is 2.56 bits per heavy atom. The Labute approximate surface area is 225 Å². The number of phenolic OH excluding ortho intramolecular Hbond substituents is 1. The van der Waals surface area contributed by atoms with Gasteiger partial charge in [0.1, 0.15) is 5.75 Å². The van der Waals surface area contributed by atoms with Crippen LogP contribution in [0.3, 0.4) is 0 Å². The molecule has 1 heterocycles. The molecule has 3 unspecified atom stereocenters. The summed E-state index contributed by atoms with van der Waals surface area (Å²) in [4.78, 5) is 12.3. The number of aromatic nitrogens is 2. The lowest BCUT2D eigenvalue weighted by atomic mass is 9.77. The third kappa shape index (κ3) is 5.84. The van der Waals surface area contributed by atoms with Crippen LogP contribution >= 0.6 is 0 Å². The molecule has 10 heteroatoms. The van der Waals surface area contributed by atoms with Gasteiger partial charge in [-0.3, -0.25) is 4.79 Å². The van der Waals surface area contributed by atoms with Crippen LogP contribution in [0.1, 0.15) is 72.5 Å². The summed E-state index contributed by atoms with van der Waals surface area (Å²) in [6.07, 6.45) is -2.27. The number of alkyl halides is 3. The number of hydrogen-bond donors (Lipinski definition) is 3. The predicted octanol–water partition coefficient (Wildman–Crippen LogP) is 6.76. The molecule has 0 radical (unpaired) electrons. The van der Waals surface area contributed by atoms with Crippen molar-refractivity contribution in [3.05, 3.63) is 64.3 Å². The molecule has 0 saturated heterocycles. The number of nitrogens with zero attached hydrogens (tertiary/aromatic N) is 2. The molecule has 0 aliphatic heterocycles. The molecule has 4 rings (SSSR count). The van der Waals surface area contributed by atoms with Gasteiger partial charge in [0.2, 0.25) is 5.88 Å². The number of carbonyl (C=O) groups is 1. The first-order chi connectivity index (χ1) is 18.4. The molecule has 3 atom stereocenters. The van der Waals surface area contributed by atoms with Crippen molar-refractivity contribution in [2.45, 2.75) is 71.5 Å². The number of halogens is 3. The number of phenols is 1. The summed E-state index contributed by atoms with van der Waals surface area (Å²) in [5, 5.41) is 28.6. The average molecular weight is 546 g/mol. The fourth-order valence-electron chi connectivity index (χ4n) is 5.33. The van der Waals surface area contributed by atoms with E-state index in [4.69, 9.17) is 4.74 Å². The van der Waals surface area contributed by atoms with Gasteiger partial charge in [-0.05, 0) is 87.8 Å². The number of nitrogens with one attached hydrogen (secondary N) is 1. The van der Waals surface area contributed by atoms with Crippen LogP contribution in [0.25, 0.3) is 5.69 Å². The molecule has 3 aromatic rings. The van der Waals surface area contributed by atoms with Crippen LogP contribution in [-0.4, -0.2) is 38.7 Å². The molecule has 1 saturated carbocycles. The van der Waals surface area contributed by atoms with Crippen molar-refractivity contribution in [2.24, 2.45) is 5.92 Å². The molecule has 0 amide bonds. The fraction of sp³-hybridized carbons (Fsp3) is 0.448. The molecule has 210 valence electrons. The Kier molecular flexibility index (Phi) is 8.13. The van der Waals surface area contributed by atoms with Crippen molar-refractivity contribution < 1.29 is 32.9 Å². The summed E-state index contributed by atoms with van der Waals surface area (Å²) in [6, 6.07) is 7.50. The number of aromatic hydroxyl groups is 2. The second-order valence-electron chi connectivity index (χ2n) is 10.2. The third-order valence-corrected chi connectivity index (χ3v) is 7.53. The van der Waals surface area contributed by atoms with E-state index in [1.807, 2.05) is 19.9 Å². The van der Waals surface area contributed by atoms with E-state index in [-0.39, 0.29) is 41.5 Å². The van der Waals surface area contributed by atoms with Crippen molar-refractivity contribution in [2.75, 3.05) is 11.9 Å². The zero-order valence-electron chi connectivity index (χ0n) is 22.5. The third-order valence-electron chi connectivity index (χ3n) is 7.53. The minimum Gasteiger partial charge on any atom is -0.505 e. The number of para-hydroxylation sites is 1. The predicted molar refractivity (Wildman–Crippen MR) is 141 cm³/mol. The van der Waals surface area contributed by atoms with E-state index in [2.05, 4.69) is 10.4 Å². The molecular formula is C29H34F3N3O4. The summed E-state index contributed by atoms with van der Waals surface area (Å²) in [5.41, 5.74) is 2.27. The maximum absolute atomic E-state index is 14.4. The van der Waals surface area contributed by atoms with Crippen LogP contribution in [0.4, 0.5) is 18.9 Å². The highest BCUT2D eigenvalue weighted by molar-refractivity contribution is 5.73. The molecule has 2 aromatic carbocycles. The zero-order valence-corrected chi connectivity index (χ0v) is 22.5. The number of esters is 1. The Hall–Kier alpha value is -3.69. The number of benzene rings is 2. The maximum Gasteiger partial charge on any atom is 0.413 e. The van der Waals surface area contributed by atoms with Gasteiger partial charge in [0.25, 0.3) is 0 Å². The Balaban J connectivity index is 1.67. The number of ether oxygens (including phenoxy) is 1. The van der Waals surface area contributed by atoms with Crippen molar-refractivity contribution in [1.82, 2.24) is 9.78 Å². The van der Waals surface area contributed by atoms with Crippen LogP contribution < -0.4 is 5.32 Å². The smallest absolute Gasteiger partial charge is 0.413 e. The van der Waals surface area contributed by atoms with E-state index < -0.39 is 23.7 Å². The first-order valence-electron chi connectivity index (χ1n) is 13.1. The highest BCUT2D eigenvalue weighted by Crippen LogP contribution is 2.46. The van der Waals surface area contributed by atoms with Gasteiger partial charge in [-0.25, -0.2) is 4.68 Å². The van der Waals surface area contributed by atoms with Gasteiger partial charge in [-0.1, -0.05) is 24.6 Å². The summed E-state index contributed by atoms with van der Waals surface area (Å²) >= 11 is 0. The van der Waals surface area contributed by atoms with Crippen LogP contribution in [0.15, 0.2) is 36.4 Å². The SMILES string of the molecule is CCOC(=O)C1CCCC(c2cccc(NC(c3c(C)nn(-c4ccc(C)c(C)c4)c3O)C(F)(F)F)c2O)C1. The van der Waals surface area contributed by atoms with Gasteiger partial charge in [0.15, 0.2) is 6.04 Å². The first kappa shape index (κ1) is 28.3. The normalized spacial score (nSPS) is 18.5. The first-order valence-corrected chi connectivity index (χ1v) is 13.1. The number of anilines is 1. The van der Waals surface area contributed by atoms with E-state index in [0.717, 1.165) is 22.2 Å². The van der Waals surface area contributed by atoms with Crippen molar-refractivity contribution >= 4 is 11.7 Å². The summed E-state index contributed by atoms with van der Waals surface area (Å²) in [5.74, 6) is -1.76. The lowest BCUT2D eigenvalue weighted by molar-refractivity contribution is -0.149. The van der Waals surface area contributed by atoms with Crippen LogP contribution in [0.2, 0.25) is 0 Å². The van der Waals surface area contributed by atoms with Gasteiger partial charge in [0.05, 0.1) is 35.2 Å². The van der Waals surface area contributed by atoms with Crippen molar-refractivity contribution in [3.63, 3.8) is 0 Å². The van der Waals surface area contributed by atoms with Crippen molar-refractivity contribution in [3.8, 4) is 17.3 Å². The van der Waals surface area contributed by atoms with E-state index in [1.54, 1.807) is 31.2 Å². The number of carbonyl (C=O) groups excluding carboxylic acids is 1. The number of hydrogen-bond acceptors (Lipinski definition) is 6. The molecule has 1 aliphatic rings. The van der Waals surface area contributed by atoms with E-state index >= 15 is 0 Å². The number of rotatable bonds is 7. The molecule has 0 spiro atoms. The molecule has 1 aromatic heterocycles. The quantitative estimate of drug-likeness (QED) is 0.224. The zero-order chi connectivity index (χ0) is 28.5. The Bertz CT molecular complexity index is 1350. The summed E-state index contributed by atoms with van der Waals surface area (Å²) in [7, 11) is 0. The standard InChI is InChI=1S/C29H34F3N3O4/c1-5-39-28(38)20-9-6-8-19(15-20)22-10-7-11-23(25(22)36)33-26(29(30,31)32)24-18(4)34-35(27(24)37)21-13-12-16(2)17(3)14-21/h7,10-14,19-20,26,33,36-37H,5-6,8-9,15H2,1-4H3. The Morgan fingerprint density at radius 2 is 1.90 bits per heavy atom. The topological polar surface area (TPSA) is 96.6 Å². The minimum atomic E-state index is -4.82. The average Bonchev–Trinajstić information content (AvgIpc) is 3.18. The van der Waals surface area contributed by atoms with Gasteiger partial charge < -0.3 is 20.3 Å². The molecule has 1 fully saturated rings. The summed E-state index contributed by atoms with van der Waals surface area (Å²) < 4.78 is 49.6. The second kappa shape index (κ2) is 11.2. The van der Waals surface area contributed by atoms with Gasteiger partial charge >= 0.3 is 12.1 Å². The molecule has 1 aliphatic carbocycles. The molecule has 7 nitrogen and oxygen atoms in total. The number of aryl methyl sites for hydroxylation is 3. The van der Waals surface area contributed by atoms with Crippen molar-refractivity contribution in [1.29, 1.82) is 0 Å². The summed E-state index contributed by atoms with van der Waals surface area (Å²) in [6.45, 7) is 7.19. The van der Waals surface area contributed by atoms with Gasteiger partial charge in [-0.2, -0.15) is 18.3 Å². The van der Waals surface area contributed by atoms with E-state index in [1.165, 1.54) is 13.0 Å². The molecule has 39 heavy (non-hydrogen) atoms. The fourth-order valence-corrected chi connectivity index (χ4v) is 5.33. The van der Waals surface area contributed by atoms with E-state index in [0.29, 0.717) is 30.5 Å². The second-order valence-corrected chi connectivity index (χ2v) is 10.2. The lowest BCUT2D eigenvalue weighted by Crippen LogP contribution is -2.28. The van der Waals surface area contributed by atoms with Crippen LogP contribution in [-0.2, 0) is 9.53 Å². The largest absolute Gasteiger partial charge is 0.505 e. The monoisotopic (exact) mass is 545 g/mol. The maximum atomic E-state index is 14.4. The lowest BCUT2D eigenvalue weighted by Gasteiger charge is -2.29. The Morgan fingerprint density at radius 1 is 1.15 bits per heavy atom. The van der Waals surface area contributed by atoms with Gasteiger partial charge in [-0.15, -0.1) is 0 Å². The molecule has 3 N–H and O–H groups in total. The van der Waals surface area contributed by atoms with Crippen LogP contribution in [0, 0.1) is 26.7 Å². The molecule has 0 bridgehead atoms. The van der Waals surface area contributed by atoms with Crippen LogP contribution in [0.5, 0.6) is 11.6 Å². The molecular weight excluding hydrogens is 511 g/mol. The van der Waals surface area contributed by atoms with E-state index in [9.17, 15) is 28.2 Å². The highest BCUT2D eigenvalue weighted by Gasteiger charge is 2.45. The highest BCUT2D eigenvalue weighted by atomic mass is 19.4. The minimum absolute atomic E-state index is 0.000700. The van der Waals surface area contributed by atoms with Gasteiger partial charge in [0, 0.05) is 0 Å².